The number of nitrogens with two attached hydrogens (primary N) is 1. The smallest absolute Gasteiger partial charge is 0.273 e. The Balaban J connectivity index is 3.37. The van der Waals surface area contributed by atoms with Crippen molar-refractivity contribution in [2.75, 3.05) is 5.73 Å². The van der Waals surface area contributed by atoms with Crippen LogP contribution in [0.5, 0.6) is 0 Å². The number of benzene rings is 1. The molecular formula is C12H17F2N. The maximum atomic E-state index is 13.6. The Morgan fingerprint density at radius 1 is 1.27 bits per heavy atom. The van der Waals surface area contributed by atoms with Crippen molar-refractivity contribution in [3.8, 4) is 0 Å². The molecule has 2 N–H and O–H groups in total. The minimum atomic E-state index is -2.75. The molecule has 0 unspecified atom stereocenters. The van der Waals surface area contributed by atoms with Crippen molar-refractivity contribution in [2.24, 2.45) is 0 Å². The zero-order valence-corrected chi connectivity index (χ0v) is 9.40. The van der Waals surface area contributed by atoms with Gasteiger partial charge in [-0.3, -0.25) is 0 Å². The first-order valence-electron chi connectivity index (χ1n) is 5.20. The van der Waals surface area contributed by atoms with E-state index in [-0.39, 0.29) is 12.0 Å². The first kappa shape index (κ1) is 12.0. The van der Waals surface area contributed by atoms with Crippen LogP contribution >= 0.6 is 0 Å². The third-order valence-corrected chi connectivity index (χ3v) is 2.83. The van der Waals surface area contributed by atoms with Crippen molar-refractivity contribution in [3.63, 3.8) is 0 Å². The summed E-state index contributed by atoms with van der Waals surface area (Å²) in [7, 11) is 0. The summed E-state index contributed by atoms with van der Waals surface area (Å²) in [5.74, 6) is -2.75. The Bertz CT molecular complexity index is 359. The average Bonchev–Trinajstić information content (AvgIpc) is 2.21. The maximum absolute atomic E-state index is 13.6. The van der Waals surface area contributed by atoms with Gasteiger partial charge in [-0.25, -0.2) is 8.78 Å². The predicted octanol–water partition coefficient (Wildman–Crippen LogP) is 3.64. The van der Waals surface area contributed by atoms with Gasteiger partial charge in [-0.15, -0.1) is 0 Å². The first-order valence-corrected chi connectivity index (χ1v) is 5.20. The molecule has 0 bridgehead atoms. The van der Waals surface area contributed by atoms with E-state index in [4.69, 9.17) is 5.73 Å². The average molecular weight is 213 g/mol. The van der Waals surface area contributed by atoms with Crippen molar-refractivity contribution < 1.29 is 8.78 Å². The molecule has 84 valence electrons. The number of hydrogen-bond acceptors (Lipinski definition) is 1. The standard InChI is InChI=1S/C12H17F2N/c1-4-9-8(3)11(15)7-6-10(9)12(13,14)5-2/h6-7H,4-5,15H2,1-3H3. The number of nitrogen functional groups attached to an aromatic ring is 1. The summed E-state index contributed by atoms with van der Waals surface area (Å²) < 4.78 is 27.2. The van der Waals surface area contributed by atoms with Crippen LogP contribution in [0.25, 0.3) is 0 Å². The molecule has 1 nitrogen and oxygen atoms in total. The predicted molar refractivity (Wildman–Crippen MR) is 59.2 cm³/mol. The third-order valence-electron chi connectivity index (χ3n) is 2.83. The molecule has 0 aromatic heterocycles. The van der Waals surface area contributed by atoms with Crippen LogP contribution < -0.4 is 5.73 Å². The van der Waals surface area contributed by atoms with Gasteiger partial charge in [-0.1, -0.05) is 19.9 Å². The topological polar surface area (TPSA) is 26.0 Å². The normalized spacial score (nSPS) is 11.8. The molecule has 3 heteroatoms. The van der Waals surface area contributed by atoms with Crippen LogP contribution in [0, 0.1) is 6.92 Å². The summed E-state index contributed by atoms with van der Waals surface area (Å²) in [6.45, 7) is 5.16. The van der Waals surface area contributed by atoms with E-state index in [1.165, 1.54) is 13.0 Å². The molecule has 0 fully saturated rings. The van der Waals surface area contributed by atoms with Gasteiger partial charge in [0.2, 0.25) is 0 Å². The van der Waals surface area contributed by atoms with Gasteiger partial charge in [-0.2, -0.15) is 0 Å². The molecule has 0 aliphatic rings. The van der Waals surface area contributed by atoms with E-state index in [9.17, 15) is 8.78 Å². The summed E-state index contributed by atoms with van der Waals surface area (Å²) in [5.41, 5.74) is 7.88. The number of hydrogen-bond donors (Lipinski definition) is 1. The molecule has 15 heavy (non-hydrogen) atoms. The van der Waals surface area contributed by atoms with Crippen molar-refractivity contribution >= 4 is 5.69 Å². The maximum Gasteiger partial charge on any atom is 0.273 e. The molecule has 1 aromatic carbocycles. The fourth-order valence-electron chi connectivity index (χ4n) is 1.76. The highest BCUT2D eigenvalue weighted by molar-refractivity contribution is 5.54. The van der Waals surface area contributed by atoms with E-state index in [1.54, 1.807) is 13.0 Å². The molecule has 0 atom stereocenters. The second kappa shape index (κ2) is 4.17. The second-order valence-electron chi connectivity index (χ2n) is 3.72. The van der Waals surface area contributed by atoms with Gasteiger partial charge in [0.25, 0.3) is 5.92 Å². The molecule has 0 heterocycles. The largest absolute Gasteiger partial charge is 0.399 e. The Hall–Kier alpha value is -1.12. The molecule has 0 amide bonds. The Morgan fingerprint density at radius 2 is 1.87 bits per heavy atom. The third kappa shape index (κ3) is 2.11. The van der Waals surface area contributed by atoms with Crippen LogP contribution in [0.15, 0.2) is 12.1 Å². The van der Waals surface area contributed by atoms with E-state index >= 15 is 0 Å². The highest BCUT2D eigenvalue weighted by Gasteiger charge is 2.31. The Labute approximate surface area is 89.3 Å². The van der Waals surface area contributed by atoms with E-state index < -0.39 is 5.92 Å². The molecule has 1 rings (SSSR count). The summed E-state index contributed by atoms with van der Waals surface area (Å²) in [4.78, 5) is 0. The van der Waals surface area contributed by atoms with E-state index in [1.807, 2.05) is 6.92 Å². The first-order chi connectivity index (χ1) is 6.94. The molecule has 0 saturated heterocycles. The van der Waals surface area contributed by atoms with Crippen molar-refractivity contribution in [2.45, 2.75) is 39.5 Å². The summed E-state index contributed by atoms with van der Waals surface area (Å²) in [5, 5.41) is 0. The lowest BCUT2D eigenvalue weighted by Gasteiger charge is -2.20. The lowest BCUT2D eigenvalue weighted by Crippen LogP contribution is -2.15. The van der Waals surface area contributed by atoms with Gasteiger partial charge in [0.05, 0.1) is 0 Å². The molecular weight excluding hydrogens is 196 g/mol. The van der Waals surface area contributed by atoms with Crippen molar-refractivity contribution in [1.82, 2.24) is 0 Å². The van der Waals surface area contributed by atoms with E-state index in [0.29, 0.717) is 17.7 Å². The summed E-state index contributed by atoms with van der Waals surface area (Å²) in [6, 6.07) is 3.01. The fourth-order valence-corrected chi connectivity index (χ4v) is 1.76. The van der Waals surface area contributed by atoms with Gasteiger partial charge in [-0.05, 0) is 30.5 Å². The zero-order valence-electron chi connectivity index (χ0n) is 9.40. The SMILES string of the molecule is CCc1c(C(F)(F)CC)ccc(N)c1C. The van der Waals surface area contributed by atoms with Gasteiger partial charge in [0.1, 0.15) is 0 Å². The molecule has 1 aromatic rings. The molecule has 0 spiro atoms. The second-order valence-corrected chi connectivity index (χ2v) is 3.72. The molecule has 0 radical (unpaired) electrons. The number of anilines is 1. The summed E-state index contributed by atoms with van der Waals surface area (Å²) >= 11 is 0. The van der Waals surface area contributed by atoms with Gasteiger partial charge in [0.15, 0.2) is 0 Å². The van der Waals surface area contributed by atoms with Crippen LogP contribution in [0.3, 0.4) is 0 Å². The van der Waals surface area contributed by atoms with Gasteiger partial charge < -0.3 is 5.73 Å². The fraction of sp³-hybridized carbons (Fsp3) is 0.500. The van der Waals surface area contributed by atoms with Gasteiger partial charge in [0, 0.05) is 17.7 Å². The van der Waals surface area contributed by atoms with E-state index in [2.05, 4.69) is 0 Å². The lowest BCUT2D eigenvalue weighted by molar-refractivity contribution is -0.00915. The molecule has 0 aliphatic heterocycles. The quantitative estimate of drug-likeness (QED) is 0.762. The van der Waals surface area contributed by atoms with Crippen LogP contribution in [-0.2, 0) is 12.3 Å². The highest BCUT2D eigenvalue weighted by atomic mass is 19.3. The van der Waals surface area contributed by atoms with Crippen molar-refractivity contribution in [1.29, 1.82) is 0 Å². The van der Waals surface area contributed by atoms with Crippen LogP contribution in [0.1, 0.15) is 37.0 Å². The number of halogens is 2. The number of rotatable bonds is 3. The monoisotopic (exact) mass is 213 g/mol. The minimum absolute atomic E-state index is 0.124. The Morgan fingerprint density at radius 3 is 2.33 bits per heavy atom. The minimum Gasteiger partial charge on any atom is -0.399 e. The van der Waals surface area contributed by atoms with Crippen LogP contribution in [-0.4, -0.2) is 0 Å². The zero-order chi connectivity index (χ0) is 11.6. The van der Waals surface area contributed by atoms with Crippen LogP contribution in [0.2, 0.25) is 0 Å². The highest BCUT2D eigenvalue weighted by Crippen LogP contribution is 2.36. The Kier molecular flexibility index (Phi) is 3.32. The summed E-state index contributed by atoms with van der Waals surface area (Å²) in [6.07, 6.45) is 0.408. The lowest BCUT2D eigenvalue weighted by atomic mass is 9.93. The van der Waals surface area contributed by atoms with E-state index in [0.717, 1.165) is 5.56 Å². The van der Waals surface area contributed by atoms with Crippen molar-refractivity contribution in [3.05, 3.63) is 28.8 Å². The van der Waals surface area contributed by atoms with Crippen LogP contribution in [0.4, 0.5) is 14.5 Å². The molecule has 0 aliphatic carbocycles. The number of alkyl halides is 2. The molecule has 0 saturated carbocycles. The van der Waals surface area contributed by atoms with Gasteiger partial charge >= 0.3 is 0 Å².